The molecule has 0 spiro atoms. The minimum atomic E-state index is 0.0784. The Labute approximate surface area is 120 Å². The van der Waals surface area contributed by atoms with Crippen LogP contribution in [0.25, 0.3) is 10.8 Å². The summed E-state index contributed by atoms with van der Waals surface area (Å²) in [7, 11) is 0. The van der Waals surface area contributed by atoms with Gasteiger partial charge in [-0.25, -0.2) is 0 Å². The average molecular weight is 270 g/mol. The molecule has 2 aromatic carbocycles. The summed E-state index contributed by atoms with van der Waals surface area (Å²) in [6.45, 7) is 4.02. The standard InChI is InChI=1S/C17H22N2O/c1-2-3-11-19(12-10-18)17(20)16-9-8-14-6-4-5-7-15(14)13-16/h4-9,13H,2-3,10-12,18H2,1H3. The largest absolute Gasteiger partial charge is 0.337 e. The number of hydrogen-bond acceptors (Lipinski definition) is 2. The van der Waals surface area contributed by atoms with E-state index in [2.05, 4.69) is 13.0 Å². The van der Waals surface area contributed by atoms with Crippen molar-refractivity contribution in [3.05, 3.63) is 48.0 Å². The summed E-state index contributed by atoms with van der Waals surface area (Å²) in [5, 5.41) is 2.25. The van der Waals surface area contributed by atoms with Gasteiger partial charge in [-0.2, -0.15) is 0 Å². The van der Waals surface area contributed by atoms with Crippen LogP contribution in [0.3, 0.4) is 0 Å². The predicted molar refractivity (Wildman–Crippen MR) is 83.8 cm³/mol. The molecule has 0 radical (unpaired) electrons. The molecular formula is C17H22N2O. The van der Waals surface area contributed by atoms with Crippen molar-refractivity contribution in [1.82, 2.24) is 4.90 Å². The number of rotatable bonds is 6. The SMILES string of the molecule is CCCCN(CCN)C(=O)c1ccc2ccccc2c1. The summed E-state index contributed by atoms with van der Waals surface area (Å²) < 4.78 is 0. The molecule has 0 saturated carbocycles. The molecule has 2 rings (SSSR count). The van der Waals surface area contributed by atoms with E-state index in [0.717, 1.165) is 35.7 Å². The highest BCUT2D eigenvalue weighted by Crippen LogP contribution is 2.17. The van der Waals surface area contributed by atoms with Crippen LogP contribution in [0.2, 0.25) is 0 Å². The molecule has 3 heteroatoms. The first-order chi connectivity index (χ1) is 9.76. The van der Waals surface area contributed by atoms with Gasteiger partial charge in [0.2, 0.25) is 0 Å². The van der Waals surface area contributed by atoms with Crippen molar-refractivity contribution in [2.75, 3.05) is 19.6 Å². The Balaban J connectivity index is 2.23. The van der Waals surface area contributed by atoms with Crippen molar-refractivity contribution in [3.63, 3.8) is 0 Å². The minimum absolute atomic E-state index is 0.0784. The van der Waals surface area contributed by atoms with E-state index in [1.165, 1.54) is 0 Å². The third kappa shape index (κ3) is 3.36. The monoisotopic (exact) mass is 270 g/mol. The molecule has 0 bridgehead atoms. The number of nitrogens with zero attached hydrogens (tertiary/aromatic N) is 1. The number of carbonyl (C=O) groups excluding carboxylic acids is 1. The van der Waals surface area contributed by atoms with Crippen molar-refractivity contribution >= 4 is 16.7 Å². The second-order valence-corrected chi connectivity index (χ2v) is 5.00. The van der Waals surface area contributed by atoms with Gasteiger partial charge in [0.05, 0.1) is 0 Å². The van der Waals surface area contributed by atoms with Crippen molar-refractivity contribution in [2.45, 2.75) is 19.8 Å². The fourth-order valence-corrected chi connectivity index (χ4v) is 2.32. The van der Waals surface area contributed by atoms with Crippen LogP contribution in [0, 0.1) is 0 Å². The summed E-state index contributed by atoms with van der Waals surface area (Å²) in [4.78, 5) is 14.4. The van der Waals surface area contributed by atoms with Crippen LogP contribution < -0.4 is 5.73 Å². The first-order valence-electron chi connectivity index (χ1n) is 7.24. The Morgan fingerprint density at radius 1 is 1.10 bits per heavy atom. The summed E-state index contributed by atoms with van der Waals surface area (Å²) in [6, 6.07) is 14.0. The second-order valence-electron chi connectivity index (χ2n) is 5.00. The first kappa shape index (κ1) is 14.5. The van der Waals surface area contributed by atoms with Crippen molar-refractivity contribution < 1.29 is 4.79 Å². The molecule has 0 fully saturated rings. The lowest BCUT2D eigenvalue weighted by Crippen LogP contribution is -2.36. The maximum Gasteiger partial charge on any atom is 0.253 e. The molecule has 0 heterocycles. The fourth-order valence-electron chi connectivity index (χ4n) is 2.32. The lowest BCUT2D eigenvalue weighted by Gasteiger charge is -2.22. The van der Waals surface area contributed by atoms with E-state index < -0.39 is 0 Å². The van der Waals surface area contributed by atoms with Gasteiger partial charge in [0.25, 0.3) is 5.91 Å². The Hall–Kier alpha value is -1.87. The summed E-state index contributed by atoms with van der Waals surface area (Å²) >= 11 is 0. The summed E-state index contributed by atoms with van der Waals surface area (Å²) in [5.74, 6) is 0.0784. The normalized spacial score (nSPS) is 10.7. The predicted octanol–water partition coefficient (Wildman–Crippen LogP) is 3.04. The molecule has 2 aromatic rings. The number of fused-ring (bicyclic) bond motifs is 1. The molecule has 0 unspecified atom stereocenters. The molecule has 20 heavy (non-hydrogen) atoms. The topological polar surface area (TPSA) is 46.3 Å². The van der Waals surface area contributed by atoms with Crippen molar-refractivity contribution in [1.29, 1.82) is 0 Å². The molecule has 2 N–H and O–H groups in total. The molecule has 1 amide bonds. The lowest BCUT2D eigenvalue weighted by atomic mass is 10.1. The van der Waals surface area contributed by atoms with Crippen LogP contribution in [0.1, 0.15) is 30.1 Å². The molecule has 0 aromatic heterocycles. The number of amides is 1. The maximum atomic E-state index is 12.6. The van der Waals surface area contributed by atoms with Gasteiger partial charge in [-0.1, -0.05) is 43.7 Å². The number of nitrogens with two attached hydrogens (primary N) is 1. The van der Waals surface area contributed by atoms with Gasteiger partial charge in [0.1, 0.15) is 0 Å². The number of benzene rings is 2. The van der Waals surface area contributed by atoms with Crippen LogP contribution in [0.4, 0.5) is 0 Å². The highest BCUT2D eigenvalue weighted by molar-refractivity contribution is 5.98. The highest BCUT2D eigenvalue weighted by atomic mass is 16.2. The second kappa shape index (κ2) is 7.06. The van der Waals surface area contributed by atoms with Crippen molar-refractivity contribution in [2.24, 2.45) is 5.73 Å². The van der Waals surface area contributed by atoms with Crippen LogP contribution in [-0.2, 0) is 0 Å². The van der Waals surface area contributed by atoms with Gasteiger partial charge in [-0.3, -0.25) is 4.79 Å². The van der Waals surface area contributed by atoms with Gasteiger partial charge >= 0.3 is 0 Å². The molecule has 0 saturated heterocycles. The van der Waals surface area contributed by atoms with Gasteiger partial charge in [0.15, 0.2) is 0 Å². The van der Waals surface area contributed by atoms with E-state index in [-0.39, 0.29) is 5.91 Å². The number of carbonyl (C=O) groups is 1. The third-order valence-electron chi connectivity index (χ3n) is 3.46. The molecule has 0 aliphatic rings. The van der Waals surface area contributed by atoms with E-state index >= 15 is 0 Å². The van der Waals surface area contributed by atoms with Crippen LogP contribution >= 0.6 is 0 Å². The Morgan fingerprint density at radius 2 is 1.85 bits per heavy atom. The van der Waals surface area contributed by atoms with Crippen LogP contribution in [0.5, 0.6) is 0 Å². The molecule has 0 aliphatic heterocycles. The van der Waals surface area contributed by atoms with Gasteiger partial charge < -0.3 is 10.6 Å². The van der Waals surface area contributed by atoms with E-state index in [1.807, 2.05) is 41.3 Å². The zero-order valence-corrected chi connectivity index (χ0v) is 12.0. The number of hydrogen-bond donors (Lipinski definition) is 1. The van der Waals surface area contributed by atoms with Crippen LogP contribution in [0.15, 0.2) is 42.5 Å². The Morgan fingerprint density at radius 3 is 2.55 bits per heavy atom. The first-order valence-corrected chi connectivity index (χ1v) is 7.24. The summed E-state index contributed by atoms with van der Waals surface area (Å²) in [6.07, 6.45) is 2.09. The zero-order chi connectivity index (χ0) is 14.4. The van der Waals surface area contributed by atoms with E-state index in [0.29, 0.717) is 13.1 Å². The average Bonchev–Trinajstić information content (AvgIpc) is 2.50. The van der Waals surface area contributed by atoms with E-state index in [4.69, 9.17) is 5.73 Å². The van der Waals surface area contributed by atoms with E-state index in [9.17, 15) is 4.79 Å². The third-order valence-corrected chi connectivity index (χ3v) is 3.46. The smallest absolute Gasteiger partial charge is 0.253 e. The number of unbranched alkanes of at least 4 members (excludes halogenated alkanes) is 1. The molecule has 0 atom stereocenters. The Kier molecular flexibility index (Phi) is 5.13. The lowest BCUT2D eigenvalue weighted by molar-refractivity contribution is 0.0758. The molecule has 0 aliphatic carbocycles. The maximum absolute atomic E-state index is 12.6. The van der Waals surface area contributed by atoms with E-state index in [1.54, 1.807) is 0 Å². The molecular weight excluding hydrogens is 248 g/mol. The molecule has 3 nitrogen and oxygen atoms in total. The summed E-state index contributed by atoms with van der Waals surface area (Å²) in [5.41, 5.74) is 6.36. The van der Waals surface area contributed by atoms with Gasteiger partial charge in [0, 0.05) is 25.2 Å². The molecule has 106 valence electrons. The quantitative estimate of drug-likeness (QED) is 0.877. The Bertz CT molecular complexity index is 580. The zero-order valence-electron chi connectivity index (χ0n) is 12.0. The van der Waals surface area contributed by atoms with Crippen molar-refractivity contribution in [3.8, 4) is 0 Å². The minimum Gasteiger partial charge on any atom is -0.337 e. The van der Waals surface area contributed by atoms with Gasteiger partial charge in [-0.15, -0.1) is 0 Å². The fraction of sp³-hybridized carbons (Fsp3) is 0.353. The van der Waals surface area contributed by atoms with Crippen LogP contribution in [-0.4, -0.2) is 30.4 Å². The highest BCUT2D eigenvalue weighted by Gasteiger charge is 2.14. The van der Waals surface area contributed by atoms with Gasteiger partial charge in [-0.05, 0) is 29.3 Å².